The van der Waals surface area contributed by atoms with Gasteiger partial charge in [0.25, 0.3) is 0 Å². The molecule has 176 valence electrons. The van der Waals surface area contributed by atoms with E-state index in [-0.39, 0.29) is 5.91 Å². The highest BCUT2D eigenvalue weighted by Crippen LogP contribution is 2.33. The predicted molar refractivity (Wildman–Crippen MR) is 146 cm³/mol. The number of thiazole rings is 1. The first-order valence-corrected chi connectivity index (χ1v) is 13.3. The number of aromatic nitrogens is 2. The van der Waals surface area contributed by atoms with Gasteiger partial charge in [0.05, 0.1) is 10.2 Å². The number of hydrogen-bond donors (Lipinski definition) is 1. The topological polar surface area (TPSA) is 46.9 Å². The standard InChI is InChI=1S/C30H29N3OS/c1-20-12-17-25-28(19-20)35-30(32-25)21-13-15-22(16-14-21)31-29(34)11-6-18-33-26-9-4-2-7-23(26)24-8-3-5-10-27(24)33/h2,4,7,9,12-17,19H,3,5-6,8,10-11,18H2,1H3,(H,31,34). The third-order valence-corrected chi connectivity index (χ3v) is 8.10. The molecule has 35 heavy (non-hydrogen) atoms. The van der Waals surface area contributed by atoms with Gasteiger partial charge in [0.2, 0.25) is 5.91 Å². The van der Waals surface area contributed by atoms with Crippen molar-refractivity contribution in [2.75, 3.05) is 5.32 Å². The van der Waals surface area contributed by atoms with Gasteiger partial charge in [-0.05, 0) is 92.6 Å². The van der Waals surface area contributed by atoms with Gasteiger partial charge in [0.1, 0.15) is 5.01 Å². The lowest BCUT2D eigenvalue weighted by Crippen LogP contribution is -2.13. The number of amides is 1. The summed E-state index contributed by atoms with van der Waals surface area (Å²) in [6.07, 6.45) is 6.21. The van der Waals surface area contributed by atoms with Gasteiger partial charge in [-0.1, -0.05) is 24.3 Å². The third kappa shape index (κ3) is 4.37. The fraction of sp³-hybridized carbons (Fsp3) is 0.267. The van der Waals surface area contributed by atoms with E-state index in [2.05, 4.69) is 59.3 Å². The Balaban J connectivity index is 1.09. The van der Waals surface area contributed by atoms with Gasteiger partial charge in [0, 0.05) is 40.8 Å². The van der Waals surface area contributed by atoms with Gasteiger partial charge in [0.15, 0.2) is 0 Å². The quantitative estimate of drug-likeness (QED) is 0.274. The fourth-order valence-electron chi connectivity index (χ4n) is 5.32. The molecule has 0 aliphatic heterocycles. The van der Waals surface area contributed by atoms with Crippen molar-refractivity contribution in [3.05, 3.63) is 83.6 Å². The Morgan fingerprint density at radius 2 is 1.86 bits per heavy atom. The van der Waals surface area contributed by atoms with E-state index in [0.29, 0.717) is 6.42 Å². The lowest BCUT2D eigenvalue weighted by molar-refractivity contribution is -0.116. The Morgan fingerprint density at radius 3 is 2.74 bits per heavy atom. The summed E-state index contributed by atoms with van der Waals surface area (Å²) >= 11 is 1.70. The van der Waals surface area contributed by atoms with Crippen molar-refractivity contribution in [3.63, 3.8) is 0 Å². The molecular weight excluding hydrogens is 450 g/mol. The molecule has 0 saturated heterocycles. The first-order chi connectivity index (χ1) is 17.2. The largest absolute Gasteiger partial charge is 0.344 e. The van der Waals surface area contributed by atoms with E-state index in [1.807, 2.05) is 24.3 Å². The first kappa shape index (κ1) is 22.1. The Bertz CT molecular complexity index is 1530. The van der Waals surface area contributed by atoms with E-state index in [1.54, 1.807) is 11.3 Å². The van der Waals surface area contributed by atoms with Gasteiger partial charge in [-0.25, -0.2) is 4.98 Å². The number of hydrogen-bond acceptors (Lipinski definition) is 3. The summed E-state index contributed by atoms with van der Waals surface area (Å²) in [5.74, 6) is 0.0681. The minimum Gasteiger partial charge on any atom is -0.344 e. The fourth-order valence-corrected chi connectivity index (χ4v) is 6.38. The Kier molecular flexibility index (Phi) is 5.86. The third-order valence-electron chi connectivity index (χ3n) is 7.03. The monoisotopic (exact) mass is 479 g/mol. The van der Waals surface area contributed by atoms with Crippen LogP contribution in [0.5, 0.6) is 0 Å². The van der Waals surface area contributed by atoms with Gasteiger partial charge < -0.3 is 9.88 Å². The maximum Gasteiger partial charge on any atom is 0.224 e. The van der Waals surface area contributed by atoms with E-state index in [1.165, 1.54) is 51.7 Å². The molecule has 0 atom stereocenters. The molecule has 1 aliphatic carbocycles. The Hall–Kier alpha value is -3.44. The highest BCUT2D eigenvalue weighted by atomic mass is 32.1. The molecular formula is C30H29N3OS. The summed E-state index contributed by atoms with van der Waals surface area (Å²) in [4.78, 5) is 17.4. The number of nitrogens with one attached hydrogen (secondary N) is 1. The van der Waals surface area contributed by atoms with E-state index >= 15 is 0 Å². The maximum absolute atomic E-state index is 12.7. The molecule has 6 rings (SSSR count). The number of aryl methyl sites for hydroxylation is 3. The number of carbonyl (C=O) groups is 1. The van der Waals surface area contributed by atoms with Crippen LogP contribution in [0.1, 0.15) is 42.5 Å². The molecule has 3 aromatic carbocycles. The number of fused-ring (bicyclic) bond motifs is 4. The number of para-hydroxylation sites is 1. The zero-order valence-electron chi connectivity index (χ0n) is 20.0. The molecule has 0 saturated carbocycles. The normalized spacial score (nSPS) is 13.3. The molecule has 4 nitrogen and oxygen atoms in total. The van der Waals surface area contributed by atoms with Crippen molar-refractivity contribution in [2.45, 2.75) is 52.0 Å². The second kappa shape index (κ2) is 9.31. The summed E-state index contributed by atoms with van der Waals surface area (Å²) < 4.78 is 3.67. The van der Waals surface area contributed by atoms with Crippen LogP contribution in [-0.4, -0.2) is 15.5 Å². The molecule has 0 bridgehead atoms. The molecule has 0 spiro atoms. The van der Waals surface area contributed by atoms with E-state index in [9.17, 15) is 4.79 Å². The van der Waals surface area contributed by atoms with Crippen LogP contribution in [0, 0.1) is 6.92 Å². The van der Waals surface area contributed by atoms with Crippen LogP contribution >= 0.6 is 11.3 Å². The number of rotatable bonds is 6. The van der Waals surface area contributed by atoms with Gasteiger partial charge in [-0.3, -0.25) is 4.79 Å². The van der Waals surface area contributed by atoms with Gasteiger partial charge >= 0.3 is 0 Å². The maximum atomic E-state index is 12.7. The average molecular weight is 480 g/mol. The van der Waals surface area contributed by atoms with Gasteiger partial charge in [-0.2, -0.15) is 0 Å². The van der Waals surface area contributed by atoms with E-state index in [4.69, 9.17) is 4.98 Å². The molecule has 0 fully saturated rings. The molecule has 1 amide bonds. The zero-order valence-corrected chi connectivity index (χ0v) is 20.8. The molecule has 0 radical (unpaired) electrons. The minimum absolute atomic E-state index is 0.0681. The summed E-state index contributed by atoms with van der Waals surface area (Å²) in [6.45, 7) is 2.99. The smallest absolute Gasteiger partial charge is 0.224 e. The highest BCUT2D eigenvalue weighted by Gasteiger charge is 2.19. The SMILES string of the molecule is Cc1ccc2nc(-c3ccc(NC(=O)CCCn4c5c(c6ccccc64)CCCC5)cc3)sc2c1. The highest BCUT2D eigenvalue weighted by molar-refractivity contribution is 7.21. The van der Waals surface area contributed by atoms with Crippen molar-refractivity contribution >= 4 is 44.1 Å². The van der Waals surface area contributed by atoms with Crippen LogP contribution in [0.4, 0.5) is 5.69 Å². The van der Waals surface area contributed by atoms with Crippen LogP contribution in [-0.2, 0) is 24.2 Å². The summed E-state index contributed by atoms with van der Waals surface area (Å²) in [5.41, 5.74) is 8.52. The second-order valence-electron chi connectivity index (χ2n) is 9.52. The van der Waals surface area contributed by atoms with E-state index < -0.39 is 0 Å². The van der Waals surface area contributed by atoms with Crippen molar-refractivity contribution in [1.82, 2.24) is 9.55 Å². The lowest BCUT2D eigenvalue weighted by Gasteiger charge is -2.16. The zero-order chi connectivity index (χ0) is 23.8. The summed E-state index contributed by atoms with van der Waals surface area (Å²) in [7, 11) is 0. The number of benzene rings is 3. The van der Waals surface area contributed by atoms with Crippen LogP contribution in [0.3, 0.4) is 0 Å². The molecule has 2 aromatic heterocycles. The van der Waals surface area contributed by atoms with Crippen molar-refractivity contribution < 1.29 is 4.79 Å². The summed E-state index contributed by atoms with van der Waals surface area (Å²) in [5, 5.41) is 5.47. The van der Waals surface area contributed by atoms with Crippen LogP contribution < -0.4 is 5.32 Å². The first-order valence-electron chi connectivity index (χ1n) is 12.5. The van der Waals surface area contributed by atoms with Gasteiger partial charge in [-0.15, -0.1) is 11.3 Å². The van der Waals surface area contributed by atoms with E-state index in [0.717, 1.165) is 41.2 Å². The molecule has 0 unspecified atom stereocenters. The average Bonchev–Trinajstić information content (AvgIpc) is 3.44. The van der Waals surface area contributed by atoms with Crippen LogP contribution in [0.2, 0.25) is 0 Å². The number of carbonyl (C=O) groups excluding carboxylic acids is 1. The molecule has 5 aromatic rings. The second-order valence-corrected chi connectivity index (χ2v) is 10.6. The summed E-state index contributed by atoms with van der Waals surface area (Å²) in [6, 6.07) is 23.1. The minimum atomic E-state index is 0.0681. The molecule has 1 aliphatic rings. The van der Waals surface area contributed by atoms with Crippen molar-refractivity contribution in [1.29, 1.82) is 0 Å². The van der Waals surface area contributed by atoms with Crippen LogP contribution in [0.25, 0.3) is 31.7 Å². The molecule has 2 heterocycles. The molecule has 5 heteroatoms. The predicted octanol–water partition coefficient (Wildman–Crippen LogP) is 7.52. The lowest BCUT2D eigenvalue weighted by atomic mass is 9.95. The Labute approximate surface area is 209 Å². The molecule has 1 N–H and O–H groups in total. The Morgan fingerprint density at radius 1 is 1.03 bits per heavy atom. The van der Waals surface area contributed by atoms with Crippen LogP contribution in [0.15, 0.2) is 66.7 Å². The number of nitrogens with zero attached hydrogens (tertiary/aromatic N) is 2. The number of anilines is 1. The van der Waals surface area contributed by atoms with Crippen molar-refractivity contribution in [3.8, 4) is 10.6 Å². The van der Waals surface area contributed by atoms with Crippen molar-refractivity contribution in [2.24, 2.45) is 0 Å².